The second kappa shape index (κ2) is 7.45. The molecule has 0 fully saturated rings. The first-order chi connectivity index (χ1) is 13.6. The van der Waals surface area contributed by atoms with Crippen molar-refractivity contribution in [3.05, 3.63) is 93.7 Å². The number of aromatic amines is 1. The zero-order valence-corrected chi connectivity index (χ0v) is 15.3. The second-order valence-electron chi connectivity index (χ2n) is 5.90. The molecule has 0 spiro atoms. The number of H-pyrrole nitrogens is 1. The molecule has 1 N–H and O–H groups in total. The molecule has 0 saturated carbocycles. The van der Waals surface area contributed by atoms with Crippen LogP contribution in [0.15, 0.2) is 78.9 Å². The average molecular weight is 390 g/mol. The molecule has 3 aromatic carbocycles. The molecule has 0 radical (unpaired) electrons. The molecule has 8 heteroatoms. The molecule has 1 heterocycles. The van der Waals surface area contributed by atoms with Gasteiger partial charge in [0.25, 0.3) is 5.69 Å². The molecule has 0 bridgehead atoms. The maximum Gasteiger partial charge on any atom is 0.269 e. The first kappa shape index (κ1) is 17.6. The molecule has 0 unspecified atom stereocenters. The minimum Gasteiger partial charge on any atom is -0.457 e. The zero-order chi connectivity index (χ0) is 19.5. The Kier molecular flexibility index (Phi) is 4.69. The van der Waals surface area contributed by atoms with Crippen molar-refractivity contribution in [2.75, 3.05) is 0 Å². The largest absolute Gasteiger partial charge is 0.457 e. The number of nitrogens with zero attached hydrogens (tertiary/aromatic N) is 3. The lowest BCUT2D eigenvalue weighted by Crippen LogP contribution is -1.97. The Labute approximate surface area is 165 Å². The first-order valence-electron chi connectivity index (χ1n) is 8.37. The highest BCUT2D eigenvalue weighted by molar-refractivity contribution is 7.71. The lowest BCUT2D eigenvalue weighted by molar-refractivity contribution is -0.384. The van der Waals surface area contributed by atoms with Crippen LogP contribution in [0.2, 0.25) is 0 Å². The van der Waals surface area contributed by atoms with Crippen molar-refractivity contribution in [1.29, 1.82) is 0 Å². The van der Waals surface area contributed by atoms with E-state index in [0.29, 0.717) is 16.3 Å². The maximum atomic E-state index is 10.7. The normalized spacial score (nSPS) is 10.6. The summed E-state index contributed by atoms with van der Waals surface area (Å²) in [5.41, 5.74) is 1.81. The first-order valence-corrected chi connectivity index (χ1v) is 8.78. The number of ether oxygens (including phenoxy) is 1. The molecule has 0 aliphatic carbocycles. The van der Waals surface area contributed by atoms with Crippen LogP contribution < -0.4 is 4.74 Å². The summed E-state index contributed by atoms with van der Waals surface area (Å²) in [5, 5.41) is 17.9. The molecule has 7 nitrogen and oxygen atoms in total. The molecule has 4 aromatic rings. The van der Waals surface area contributed by atoms with Crippen molar-refractivity contribution in [2.24, 2.45) is 0 Å². The third kappa shape index (κ3) is 3.53. The third-order valence-corrected chi connectivity index (χ3v) is 4.36. The highest BCUT2D eigenvalue weighted by atomic mass is 32.1. The fourth-order valence-electron chi connectivity index (χ4n) is 2.75. The summed E-state index contributed by atoms with van der Waals surface area (Å²) in [7, 11) is 0. The molecule has 0 amide bonds. The fourth-order valence-corrected chi connectivity index (χ4v) is 2.99. The highest BCUT2D eigenvalue weighted by Crippen LogP contribution is 2.26. The van der Waals surface area contributed by atoms with E-state index in [1.165, 1.54) is 12.1 Å². The van der Waals surface area contributed by atoms with E-state index in [1.807, 2.05) is 47.0 Å². The van der Waals surface area contributed by atoms with E-state index in [0.717, 1.165) is 17.1 Å². The van der Waals surface area contributed by atoms with Crippen molar-refractivity contribution in [3.63, 3.8) is 0 Å². The van der Waals surface area contributed by atoms with Gasteiger partial charge in [0.15, 0.2) is 10.6 Å². The van der Waals surface area contributed by atoms with Crippen LogP contribution in [0.1, 0.15) is 0 Å². The van der Waals surface area contributed by atoms with Gasteiger partial charge in [-0.3, -0.25) is 19.8 Å². The van der Waals surface area contributed by atoms with Gasteiger partial charge in [-0.2, -0.15) is 5.10 Å². The minimum absolute atomic E-state index is 0.0190. The van der Waals surface area contributed by atoms with Gasteiger partial charge in [0.2, 0.25) is 0 Å². The van der Waals surface area contributed by atoms with Crippen LogP contribution >= 0.6 is 12.2 Å². The van der Waals surface area contributed by atoms with E-state index in [-0.39, 0.29) is 5.69 Å². The van der Waals surface area contributed by atoms with Crippen molar-refractivity contribution < 1.29 is 9.66 Å². The Morgan fingerprint density at radius 2 is 1.54 bits per heavy atom. The van der Waals surface area contributed by atoms with Crippen molar-refractivity contribution >= 4 is 17.9 Å². The number of hydrogen-bond donors (Lipinski definition) is 1. The van der Waals surface area contributed by atoms with Crippen LogP contribution in [-0.2, 0) is 0 Å². The lowest BCUT2D eigenvalue weighted by Gasteiger charge is -2.09. The summed E-state index contributed by atoms with van der Waals surface area (Å²) in [5.74, 6) is 1.84. The van der Waals surface area contributed by atoms with Crippen LogP contribution in [-0.4, -0.2) is 19.7 Å². The topological polar surface area (TPSA) is 86.0 Å². The summed E-state index contributed by atoms with van der Waals surface area (Å²) in [6.45, 7) is 0. The van der Waals surface area contributed by atoms with Crippen LogP contribution in [0.25, 0.3) is 17.1 Å². The fraction of sp³-hybridized carbons (Fsp3) is 0. The van der Waals surface area contributed by atoms with Gasteiger partial charge in [0.1, 0.15) is 11.5 Å². The van der Waals surface area contributed by atoms with Crippen LogP contribution in [0.4, 0.5) is 5.69 Å². The molecule has 0 atom stereocenters. The second-order valence-corrected chi connectivity index (χ2v) is 6.29. The van der Waals surface area contributed by atoms with E-state index in [1.54, 1.807) is 24.3 Å². The average Bonchev–Trinajstić information content (AvgIpc) is 3.11. The van der Waals surface area contributed by atoms with E-state index >= 15 is 0 Å². The molecule has 28 heavy (non-hydrogen) atoms. The predicted molar refractivity (Wildman–Crippen MR) is 107 cm³/mol. The van der Waals surface area contributed by atoms with Gasteiger partial charge < -0.3 is 4.74 Å². The van der Waals surface area contributed by atoms with Crippen molar-refractivity contribution in [1.82, 2.24) is 14.8 Å². The van der Waals surface area contributed by atoms with Crippen molar-refractivity contribution in [2.45, 2.75) is 0 Å². The van der Waals surface area contributed by atoms with Crippen LogP contribution in [0.5, 0.6) is 11.5 Å². The van der Waals surface area contributed by atoms with E-state index in [2.05, 4.69) is 10.2 Å². The zero-order valence-electron chi connectivity index (χ0n) is 14.5. The number of hydrogen-bond acceptors (Lipinski definition) is 5. The highest BCUT2D eigenvalue weighted by Gasteiger charge is 2.11. The molecule has 1 aromatic heterocycles. The number of non-ortho nitro benzene ring substituents is 1. The molecule has 0 saturated heterocycles. The standard InChI is InChI=1S/C20H14N4O3S/c25-24(26)16-8-12-18(13-9-16)27-17-10-6-15(7-11-17)23-19(21-22-20(23)28)14-4-2-1-3-5-14/h1-13H,(H,22,28). The maximum absolute atomic E-state index is 10.7. The molecule has 0 aliphatic rings. The quantitative estimate of drug-likeness (QED) is 0.284. The van der Waals surface area contributed by atoms with E-state index in [9.17, 15) is 10.1 Å². The summed E-state index contributed by atoms with van der Waals surface area (Å²) >= 11 is 5.38. The third-order valence-electron chi connectivity index (χ3n) is 4.08. The summed E-state index contributed by atoms with van der Waals surface area (Å²) < 4.78 is 8.09. The van der Waals surface area contributed by atoms with Crippen LogP contribution in [0, 0.1) is 14.9 Å². The number of rotatable bonds is 5. The van der Waals surface area contributed by atoms with Crippen molar-refractivity contribution in [3.8, 4) is 28.6 Å². The predicted octanol–water partition coefficient (Wildman–Crippen LogP) is 5.30. The smallest absolute Gasteiger partial charge is 0.269 e. The van der Waals surface area contributed by atoms with Gasteiger partial charge in [-0.25, -0.2) is 0 Å². The van der Waals surface area contributed by atoms with Gasteiger partial charge in [0.05, 0.1) is 10.6 Å². The summed E-state index contributed by atoms with van der Waals surface area (Å²) in [6, 6.07) is 23.0. The molecular formula is C20H14N4O3S. The molecule has 138 valence electrons. The van der Waals surface area contributed by atoms with Gasteiger partial charge in [-0.05, 0) is 48.6 Å². The number of aromatic nitrogens is 3. The Balaban J connectivity index is 1.60. The Bertz CT molecular complexity index is 1170. The number of nitro groups is 1. The van der Waals surface area contributed by atoms with E-state index in [4.69, 9.17) is 17.0 Å². The summed E-state index contributed by atoms with van der Waals surface area (Å²) in [6.07, 6.45) is 0. The number of benzene rings is 3. The van der Waals surface area contributed by atoms with Gasteiger partial charge >= 0.3 is 0 Å². The Morgan fingerprint density at radius 1 is 0.929 bits per heavy atom. The minimum atomic E-state index is -0.447. The van der Waals surface area contributed by atoms with E-state index < -0.39 is 4.92 Å². The summed E-state index contributed by atoms with van der Waals surface area (Å²) in [4.78, 5) is 10.3. The molecule has 4 rings (SSSR count). The lowest BCUT2D eigenvalue weighted by atomic mass is 10.2. The number of nitro benzene ring substituents is 1. The Hall–Kier alpha value is -3.78. The number of nitrogens with one attached hydrogen (secondary N) is 1. The van der Waals surface area contributed by atoms with Crippen LogP contribution in [0.3, 0.4) is 0 Å². The van der Waals surface area contributed by atoms with Gasteiger partial charge in [-0.1, -0.05) is 30.3 Å². The SMILES string of the molecule is O=[N+]([O-])c1ccc(Oc2ccc(-n3c(-c4ccccc4)n[nH]c3=S)cc2)cc1. The molecular weight excluding hydrogens is 376 g/mol. The van der Waals surface area contributed by atoms with Gasteiger partial charge in [-0.15, -0.1) is 0 Å². The Morgan fingerprint density at radius 3 is 2.14 bits per heavy atom. The van der Waals surface area contributed by atoms with Gasteiger partial charge in [0, 0.05) is 17.7 Å². The monoisotopic (exact) mass is 390 g/mol. The molecule has 0 aliphatic heterocycles.